The van der Waals surface area contributed by atoms with Crippen LogP contribution in [-0.4, -0.2) is 5.11 Å². The summed E-state index contributed by atoms with van der Waals surface area (Å²) in [6, 6.07) is 5.08. The molecule has 1 aromatic rings. The third-order valence-corrected chi connectivity index (χ3v) is 1.23. The van der Waals surface area contributed by atoms with E-state index in [2.05, 4.69) is 0 Å². The van der Waals surface area contributed by atoms with Crippen molar-refractivity contribution in [3.63, 3.8) is 0 Å². The maximum Gasteiger partial charge on any atom is 0.118 e. The maximum atomic E-state index is 9.02. The van der Waals surface area contributed by atoms with Gasteiger partial charge in [0, 0.05) is 0 Å². The first kappa shape index (κ1) is 6.14. The van der Waals surface area contributed by atoms with Gasteiger partial charge < -0.3 is 5.11 Å². The lowest BCUT2D eigenvalue weighted by molar-refractivity contribution is 0.471. The van der Waals surface area contributed by atoms with Crippen LogP contribution in [0.2, 0.25) is 0 Å². The molecule has 2 radical (unpaired) electrons. The fourth-order valence-electron chi connectivity index (χ4n) is 0.626. The molecule has 46 valence electrons. The normalized spacial score (nSPS) is 9.56. The molecule has 0 saturated carbocycles. The summed E-state index contributed by atoms with van der Waals surface area (Å²) in [5.74, 6) is 0.259. The van der Waals surface area contributed by atoms with Gasteiger partial charge in [0.05, 0.1) is 0 Å². The third-order valence-electron chi connectivity index (χ3n) is 1.23. The Morgan fingerprint density at radius 2 is 2.11 bits per heavy atom. The molecule has 0 spiro atoms. The first-order chi connectivity index (χ1) is 4.20. The number of rotatable bonds is 0. The van der Waals surface area contributed by atoms with Crippen LogP contribution in [0.5, 0.6) is 5.75 Å². The van der Waals surface area contributed by atoms with Crippen molar-refractivity contribution in [3.8, 4) is 5.75 Å². The minimum Gasteiger partial charge on any atom is -0.508 e. The average Bonchev–Trinajstić information content (AvgIpc) is 1.80. The summed E-state index contributed by atoms with van der Waals surface area (Å²) in [5, 5.41) is 9.02. The molecule has 0 aliphatic rings. The first-order valence-electron chi connectivity index (χ1n) is 2.75. The second-order valence-corrected chi connectivity index (χ2v) is 2.05. The Morgan fingerprint density at radius 3 is 2.56 bits per heavy atom. The van der Waals surface area contributed by atoms with Gasteiger partial charge in [-0.3, -0.25) is 0 Å². The molecule has 0 aliphatic heterocycles. The van der Waals surface area contributed by atoms with E-state index in [4.69, 9.17) is 12.0 Å². The molecule has 1 aromatic carbocycles. The summed E-state index contributed by atoms with van der Waals surface area (Å²) >= 11 is 0. The Morgan fingerprint density at radius 1 is 1.44 bits per heavy atom. The first-order valence-corrected chi connectivity index (χ1v) is 2.75. The van der Waals surface area contributed by atoms with Gasteiger partial charge in [-0.25, -0.2) is 0 Å². The lowest BCUT2D eigenvalue weighted by Gasteiger charge is -1.96. The molecule has 0 fully saturated rings. The van der Waals surface area contributed by atoms with Crippen molar-refractivity contribution in [2.45, 2.75) is 6.92 Å². The molecular formula is C8H8O. The molecule has 1 N–H and O–H groups in total. The lowest BCUT2D eigenvalue weighted by Crippen LogP contribution is -1.74. The topological polar surface area (TPSA) is 20.2 Å². The van der Waals surface area contributed by atoms with E-state index in [0.29, 0.717) is 5.56 Å². The standard InChI is InChI=1S/C8H8O/c1-6-3-4-7(2)8(9)5-6/h1,3-5,9H,2H3. The highest BCUT2D eigenvalue weighted by molar-refractivity contribution is 5.36. The van der Waals surface area contributed by atoms with Crippen LogP contribution in [0.3, 0.4) is 0 Å². The van der Waals surface area contributed by atoms with Crippen LogP contribution in [0.1, 0.15) is 11.1 Å². The predicted molar refractivity (Wildman–Crippen MR) is 36.2 cm³/mol. The second kappa shape index (κ2) is 2.09. The van der Waals surface area contributed by atoms with E-state index in [1.807, 2.05) is 6.92 Å². The zero-order chi connectivity index (χ0) is 6.85. The molecule has 0 unspecified atom stereocenters. The van der Waals surface area contributed by atoms with E-state index in [1.54, 1.807) is 12.1 Å². The number of aromatic hydroxyl groups is 1. The van der Waals surface area contributed by atoms with Gasteiger partial charge in [0.2, 0.25) is 0 Å². The van der Waals surface area contributed by atoms with Crippen LogP contribution in [0.15, 0.2) is 18.2 Å². The van der Waals surface area contributed by atoms with Crippen LogP contribution in [0.4, 0.5) is 0 Å². The van der Waals surface area contributed by atoms with Crippen LogP contribution in [-0.2, 0) is 0 Å². The summed E-state index contributed by atoms with van der Waals surface area (Å²) in [7, 11) is 0. The molecule has 0 aromatic heterocycles. The molecule has 0 aliphatic carbocycles. The molecule has 9 heavy (non-hydrogen) atoms. The van der Waals surface area contributed by atoms with E-state index in [-0.39, 0.29) is 5.75 Å². The minimum absolute atomic E-state index is 0.259. The lowest BCUT2D eigenvalue weighted by atomic mass is 10.1. The van der Waals surface area contributed by atoms with Gasteiger partial charge in [-0.05, 0) is 31.0 Å². The van der Waals surface area contributed by atoms with Crippen molar-refractivity contribution >= 4 is 0 Å². The Balaban J connectivity index is 3.17. The average molecular weight is 120 g/mol. The van der Waals surface area contributed by atoms with Crippen molar-refractivity contribution in [2.75, 3.05) is 0 Å². The quantitative estimate of drug-likeness (QED) is 0.553. The number of hydrogen-bond acceptors (Lipinski definition) is 1. The summed E-state index contributed by atoms with van der Waals surface area (Å²) in [6.07, 6.45) is 0. The molecule has 1 rings (SSSR count). The molecule has 0 saturated heterocycles. The Kier molecular flexibility index (Phi) is 1.43. The number of phenols is 1. The van der Waals surface area contributed by atoms with Gasteiger partial charge in [0.1, 0.15) is 5.75 Å². The van der Waals surface area contributed by atoms with E-state index in [9.17, 15) is 0 Å². The number of aryl methyl sites for hydroxylation is 1. The number of phenolic OH excluding ortho intramolecular Hbond substituents is 1. The highest BCUT2D eigenvalue weighted by Gasteiger charge is 1.92. The van der Waals surface area contributed by atoms with Crippen LogP contribution in [0.25, 0.3) is 0 Å². The number of hydrogen-bond donors (Lipinski definition) is 1. The van der Waals surface area contributed by atoms with Gasteiger partial charge >= 0.3 is 0 Å². The smallest absolute Gasteiger partial charge is 0.118 e. The van der Waals surface area contributed by atoms with Crippen LogP contribution < -0.4 is 0 Å². The molecule has 1 nitrogen and oxygen atoms in total. The van der Waals surface area contributed by atoms with Crippen molar-refractivity contribution in [2.24, 2.45) is 0 Å². The monoisotopic (exact) mass is 120 g/mol. The summed E-state index contributed by atoms with van der Waals surface area (Å²) in [5.41, 5.74) is 1.45. The highest BCUT2D eigenvalue weighted by atomic mass is 16.3. The Bertz CT molecular complexity index is 216. The zero-order valence-electron chi connectivity index (χ0n) is 5.26. The Hall–Kier alpha value is -0.980. The highest BCUT2D eigenvalue weighted by Crippen LogP contribution is 2.15. The zero-order valence-corrected chi connectivity index (χ0v) is 5.26. The molecule has 0 amide bonds. The van der Waals surface area contributed by atoms with Crippen molar-refractivity contribution in [3.05, 3.63) is 36.2 Å². The largest absolute Gasteiger partial charge is 0.508 e. The minimum atomic E-state index is 0.259. The van der Waals surface area contributed by atoms with Crippen LogP contribution in [0, 0.1) is 13.8 Å². The summed E-state index contributed by atoms with van der Waals surface area (Å²) in [4.78, 5) is 0. The van der Waals surface area contributed by atoms with Gasteiger partial charge in [0.15, 0.2) is 0 Å². The molecular weight excluding hydrogens is 112 g/mol. The molecule has 0 atom stereocenters. The molecule has 1 heteroatoms. The van der Waals surface area contributed by atoms with E-state index >= 15 is 0 Å². The maximum absolute atomic E-state index is 9.02. The summed E-state index contributed by atoms with van der Waals surface area (Å²) in [6.45, 7) is 7.20. The number of benzene rings is 1. The van der Waals surface area contributed by atoms with Crippen molar-refractivity contribution in [1.29, 1.82) is 0 Å². The summed E-state index contributed by atoms with van der Waals surface area (Å²) < 4.78 is 0. The van der Waals surface area contributed by atoms with E-state index in [1.165, 1.54) is 6.07 Å². The predicted octanol–water partition coefficient (Wildman–Crippen LogP) is 1.76. The molecule has 0 bridgehead atoms. The fourth-order valence-corrected chi connectivity index (χ4v) is 0.626. The van der Waals surface area contributed by atoms with Crippen LogP contribution >= 0.6 is 0 Å². The Labute approximate surface area is 55.0 Å². The van der Waals surface area contributed by atoms with Crippen molar-refractivity contribution < 1.29 is 5.11 Å². The third kappa shape index (κ3) is 1.22. The van der Waals surface area contributed by atoms with Gasteiger partial charge in [0.25, 0.3) is 0 Å². The SMILES string of the molecule is [CH]c1ccc(C)c(O)c1. The molecule has 0 heterocycles. The van der Waals surface area contributed by atoms with Gasteiger partial charge in [-0.1, -0.05) is 12.1 Å². The second-order valence-electron chi connectivity index (χ2n) is 2.05. The van der Waals surface area contributed by atoms with Gasteiger partial charge in [-0.15, -0.1) is 0 Å². The van der Waals surface area contributed by atoms with Crippen molar-refractivity contribution in [1.82, 2.24) is 0 Å². The van der Waals surface area contributed by atoms with E-state index in [0.717, 1.165) is 5.56 Å². The van der Waals surface area contributed by atoms with Gasteiger partial charge in [-0.2, -0.15) is 0 Å². The fraction of sp³-hybridized carbons (Fsp3) is 0.125. The van der Waals surface area contributed by atoms with E-state index < -0.39 is 0 Å².